The van der Waals surface area contributed by atoms with Crippen LogP contribution in [0.5, 0.6) is 0 Å². The zero-order chi connectivity index (χ0) is 21.1. The molecule has 2 aromatic carbocycles. The lowest BCUT2D eigenvalue weighted by molar-refractivity contribution is -0.135. The van der Waals surface area contributed by atoms with Gasteiger partial charge in [-0.2, -0.15) is 0 Å². The zero-order valence-electron chi connectivity index (χ0n) is 18.1. The molecule has 1 fully saturated rings. The van der Waals surface area contributed by atoms with Crippen LogP contribution >= 0.6 is 0 Å². The van der Waals surface area contributed by atoms with Crippen molar-refractivity contribution in [2.24, 2.45) is 5.92 Å². The second kappa shape index (κ2) is 8.82. The maximum absolute atomic E-state index is 12.7. The molecule has 1 aromatic heterocycles. The molecule has 1 saturated heterocycles. The summed E-state index contributed by atoms with van der Waals surface area (Å²) in [5, 5.41) is 1.08. The first kappa shape index (κ1) is 20.3. The molecule has 30 heavy (non-hydrogen) atoms. The van der Waals surface area contributed by atoms with Crippen molar-refractivity contribution >= 4 is 22.8 Å². The summed E-state index contributed by atoms with van der Waals surface area (Å²) in [5.74, 6) is 1.16. The van der Waals surface area contributed by atoms with Gasteiger partial charge in [0, 0.05) is 43.0 Å². The molecule has 5 heteroatoms. The Morgan fingerprint density at radius 2 is 1.73 bits per heavy atom. The highest BCUT2D eigenvalue weighted by atomic mass is 16.2. The quantitative estimate of drug-likeness (QED) is 0.621. The van der Waals surface area contributed by atoms with Crippen molar-refractivity contribution in [3.63, 3.8) is 0 Å². The molecule has 0 aliphatic carbocycles. The van der Waals surface area contributed by atoms with Gasteiger partial charge in [0.15, 0.2) is 0 Å². The second-order valence-electron chi connectivity index (χ2n) is 8.03. The van der Waals surface area contributed by atoms with Gasteiger partial charge in [-0.15, -0.1) is 0 Å². The molecule has 4 rings (SSSR count). The summed E-state index contributed by atoms with van der Waals surface area (Å²) in [5.41, 5.74) is 4.24. The number of hydrogen-bond acceptors (Lipinski definition) is 4. The van der Waals surface area contributed by atoms with E-state index in [1.807, 2.05) is 36.9 Å². The first-order valence-corrected chi connectivity index (χ1v) is 11.0. The van der Waals surface area contributed by atoms with Crippen molar-refractivity contribution < 1.29 is 4.79 Å². The molecule has 3 aromatic rings. The number of carbonyl (C=O) groups excluding carboxylic acids is 1. The third kappa shape index (κ3) is 4.02. The highest BCUT2D eigenvalue weighted by Gasteiger charge is 2.28. The Morgan fingerprint density at radius 3 is 2.40 bits per heavy atom. The Morgan fingerprint density at radius 1 is 1.03 bits per heavy atom. The minimum atomic E-state index is 0.109. The first-order valence-electron chi connectivity index (χ1n) is 11.0. The van der Waals surface area contributed by atoms with Crippen molar-refractivity contribution in [3.8, 4) is 11.3 Å². The van der Waals surface area contributed by atoms with Crippen LogP contribution in [0.1, 0.15) is 32.3 Å². The molecule has 0 atom stereocenters. The van der Waals surface area contributed by atoms with Crippen molar-refractivity contribution in [3.05, 3.63) is 54.1 Å². The van der Waals surface area contributed by atoms with E-state index >= 15 is 0 Å². The highest BCUT2D eigenvalue weighted by Crippen LogP contribution is 2.30. The summed E-state index contributed by atoms with van der Waals surface area (Å²) in [6, 6.07) is 16.7. The molecule has 2 heterocycles. The van der Waals surface area contributed by atoms with E-state index in [4.69, 9.17) is 9.97 Å². The van der Waals surface area contributed by atoms with Gasteiger partial charge >= 0.3 is 0 Å². The van der Waals surface area contributed by atoms with Gasteiger partial charge in [-0.1, -0.05) is 42.0 Å². The lowest BCUT2D eigenvalue weighted by Crippen LogP contribution is -2.43. The summed E-state index contributed by atoms with van der Waals surface area (Å²) < 4.78 is 0. The summed E-state index contributed by atoms with van der Waals surface area (Å²) >= 11 is 0. The number of aryl methyl sites for hydroxylation is 1. The molecule has 1 aliphatic rings. The predicted octanol–water partition coefficient (Wildman–Crippen LogP) is 4.69. The van der Waals surface area contributed by atoms with E-state index in [0.717, 1.165) is 67.1 Å². The number of carbonyl (C=O) groups is 1. The number of nitrogens with zero attached hydrogens (tertiary/aromatic N) is 4. The normalized spacial score (nSPS) is 14.8. The van der Waals surface area contributed by atoms with Crippen LogP contribution in [-0.2, 0) is 4.79 Å². The number of fused-ring (bicyclic) bond motifs is 1. The molecule has 1 amide bonds. The highest BCUT2D eigenvalue weighted by molar-refractivity contribution is 5.93. The first-order chi connectivity index (χ1) is 14.6. The predicted molar refractivity (Wildman–Crippen MR) is 123 cm³/mol. The second-order valence-corrected chi connectivity index (χ2v) is 8.03. The smallest absolute Gasteiger partial charge is 0.226 e. The molecule has 0 radical (unpaired) electrons. The number of rotatable bonds is 5. The maximum atomic E-state index is 12.7. The largest absolute Gasteiger partial charge is 0.343 e. The lowest BCUT2D eigenvalue weighted by atomic mass is 9.95. The topological polar surface area (TPSA) is 49.3 Å². The van der Waals surface area contributed by atoms with Gasteiger partial charge in [0.25, 0.3) is 0 Å². The number of aromatic nitrogens is 2. The zero-order valence-corrected chi connectivity index (χ0v) is 18.1. The Hall–Kier alpha value is -2.95. The van der Waals surface area contributed by atoms with Crippen LogP contribution in [0.25, 0.3) is 22.2 Å². The molecule has 0 N–H and O–H groups in total. The molecule has 0 unspecified atom stereocenters. The van der Waals surface area contributed by atoms with Crippen molar-refractivity contribution in [1.82, 2.24) is 14.9 Å². The Labute approximate surface area is 178 Å². The summed E-state index contributed by atoms with van der Waals surface area (Å²) in [7, 11) is 0. The van der Waals surface area contributed by atoms with E-state index in [-0.39, 0.29) is 5.92 Å². The van der Waals surface area contributed by atoms with E-state index in [1.54, 1.807) is 0 Å². The van der Waals surface area contributed by atoms with Crippen molar-refractivity contribution in [1.29, 1.82) is 0 Å². The van der Waals surface area contributed by atoms with Gasteiger partial charge in [0.05, 0.1) is 11.2 Å². The molecule has 0 saturated carbocycles. The third-order valence-electron chi connectivity index (χ3n) is 6.09. The van der Waals surface area contributed by atoms with Crippen LogP contribution < -0.4 is 4.90 Å². The van der Waals surface area contributed by atoms with E-state index in [0.29, 0.717) is 5.91 Å². The molecule has 5 nitrogen and oxygen atoms in total. The average Bonchev–Trinajstić information content (AvgIpc) is 2.80. The molecular weight excluding hydrogens is 372 g/mol. The molecule has 0 spiro atoms. The summed E-state index contributed by atoms with van der Waals surface area (Å²) in [6.07, 6.45) is 1.70. The van der Waals surface area contributed by atoms with Crippen LogP contribution in [0.3, 0.4) is 0 Å². The summed E-state index contributed by atoms with van der Waals surface area (Å²) in [6.45, 7) is 9.37. The summed E-state index contributed by atoms with van der Waals surface area (Å²) in [4.78, 5) is 26.8. The lowest BCUT2D eigenvalue weighted by Gasteiger charge is -2.34. The van der Waals surface area contributed by atoms with Crippen LogP contribution in [0.4, 0.5) is 5.95 Å². The number of anilines is 1. The van der Waals surface area contributed by atoms with Gasteiger partial charge in [0.2, 0.25) is 11.9 Å². The van der Waals surface area contributed by atoms with Gasteiger partial charge in [-0.25, -0.2) is 9.97 Å². The van der Waals surface area contributed by atoms with Crippen LogP contribution in [0.2, 0.25) is 0 Å². The van der Waals surface area contributed by atoms with Gasteiger partial charge in [0.1, 0.15) is 0 Å². The maximum Gasteiger partial charge on any atom is 0.226 e. The Kier molecular flexibility index (Phi) is 5.98. The third-order valence-corrected chi connectivity index (χ3v) is 6.09. The van der Waals surface area contributed by atoms with Gasteiger partial charge in [-0.3, -0.25) is 4.79 Å². The van der Waals surface area contributed by atoms with Gasteiger partial charge in [-0.05, 0) is 45.7 Å². The van der Waals surface area contributed by atoms with Crippen LogP contribution in [-0.4, -0.2) is 47.0 Å². The SMILES string of the molecule is CCN(CC)C(=O)C1CCN(c2nc(-c3ccccc3)c3cc(C)ccc3n2)CC1. The van der Waals surface area contributed by atoms with Gasteiger partial charge < -0.3 is 9.80 Å². The monoisotopic (exact) mass is 402 g/mol. The molecule has 156 valence electrons. The fourth-order valence-electron chi connectivity index (χ4n) is 4.31. The van der Waals surface area contributed by atoms with Crippen LogP contribution in [0.15, 0.2) is 48.5 Å². The van der Waals surface area contributed by atoms with Crippen molar-refractivity contribution in [2.75, 3.05) is 31.1 Å². The van der Waals surface area contributed by atoms with Crippen LogP contribution in [0, 0.1) is 12.8 Å². The number of piperidine rings is 1. The van der Waals surface area contributed by atoms with Crippen molar-refractivity contribution in [2.45, 2.75) is 33.6 Å². The molecule has 1 aliphatic heterocycles. The Bertz CT molecular complexity index is 1020. The number of benzene rings is 2. The number of amides is 1. The fraction of sp³-hybridized carbons (Fsp3) is 0.400. The molecule has 0 bridgehead atoms. The molecular formula is C25H30N4O. The Balaban J connectivity index is 1.63. The van der Waals surface area contributed by atoms with E-state index in [2.05, 4.69) is 42.2 Å². The number of hydrogen-bond donors (Lipinski definition) is 0. The average molecular weight is 403 g/mol. The fourth-order valence-corrected chi connectivity index (χ4v) is 4.31. The minimum absolute atomic E-state index is 0.109. The van der Waals surface area contributed by atoms with E-state index in [9.17, 15) is 4.79 Å². The van der Waals surface area contributed by atoms with E-state index in [1.165, 1.54) is 5.56 Å². The standard InChI is InChI=1S/C25H30N4O/c1-4-28(5-2)24(30)20-13-15-29(16-14-20)25-26-22-12-11-18(3)17-21(22)23(27-25)19-9-7-6-8-10-19/h6-12,17,20H,4-5,13-16H2,1-3H3. The van der Waals surface area contributed by atoms with E-state index < -0.39 is 0 Å². The minimum Gasteiger partial charge on any atom is -0.343 e.